The van der Waals surface area contributed by atoms with Gasteiger partial charge in [-0.25, -0.2) is 0 Å². The lowest BCUT2D eigenvalue weighted by Gasteiger charge is -2.08. The molecule has 0 amide bonds. The molecule has 1 aromatic rings. The van der Waals surface area contributed by atoms with Gasteiger partial charge in [0.05, 0.1) is 19.3 Å². The second-order valence-electron chi connectivity index (χ2n) is 3.93. The van der Waals surface area contributed by atoms with E-state index in [0.29, 0.717) is 19.6 Å². The SMILES string of the molecule is COCCNCc1cccc(OCCCC#N)c1. The highest BCUT2D eigenvalue weighted by Gasteiger charge is 1.97. The van der Waals surface area contributed by atoms with Crippen LogP contribution >= 0.6 is 0 Å². The van der Waals surface area contributed by atoms with Crippen molar-refractivity contribution >= 4 is 0 Å². The molecule has 1 aromatic carbocycles. The minimum atomic E-state index is 0.540. The zero-order valence-corrected chi connectivity index (χ0v) is 10.8. The summed E-state index contributed by atoms with van der Waals surface area (Å²) < 4.78 is 10.5. The molecule has 0 fully saturated rings. The molecule has 0 heterocycles. The highest BCUT2D eigenvalue weighted by molar-refractivity contribution is 5.28. The quantitative estimate of drug-likeness (QED) is 0.680. The van der Waals surface area contributed by atoms with Gasteiger partial charge < -0.3 is 14.8 Å². The first-order chi connectivity index (χ1) is 8.86. The zero-order chi connectivity index (χ0) is 13.1. The van der Waals surface area contributed by atoms with E-state index in [1.807, 2.05) is 18.2 Å². The third-order valence-corrected chi connectivity index (χ3v) is 2.41. The normalized spacial score (nSPS) is 10.0. The lowest BCUT2D eigenvalue weighted by molar-refractivity contribution is 0.199. The molecule has 0 atom stereocenters. The van der Waals surface area contributed by atoms with Gasteiger partial charge in [-0.15, -0.1) is 0 Å². The summed E-state index contributed by atoms with van der Waals surface area (Å²) in [5, 5.41) is 11.7. The van der Waals surface area contributed by atoms with Crippen LogP contribution in [0.3, 0.4) is 0 Å². The van der Waals surface area contributed by atoms with Crippen LogP contribution in [0.1, 0.15) is 18.4 Å². The van der Waals surface area contributed by atoms with Gasteiger partial charge in [-0.2, -0.15) is 5.26 Å². The largest absolute Gasteiger partial charge is 0.494 e. The van der Waals surface area contributed by atoms with Gasteiger partial charge in [0.1, 0.15) is 5.75 Å². The Bertz CT molecular complexity index is 374. The van der Waals surface area contributed by atoms with Gasteiger partial charge in [-0.05, 0) is 24.1 Å². The molecule has 0 unspecified atom stereocenters. The molecule has 0 radical (unpaired) electrons. The van der Waals surface area contributed by atoms with E-state index >= 15 is 0 Å². The van der Waals surface area contributed by atoms with Crippen molar-refractivity contribution in [1.29, 1.82) is 5.26 Å². The van der Waals surface area contributed by atoms with Crippen LogP contribution in [0.15, 0.2) is 24.3 Å². The molecule has 1 rings (SSSR count). The van der Waals surface area contributed by atoms with Crippen LogP contribution in [0.25, 0.3) is 0 Å². The van der Waals surface area contributed by atoms with Gasteiger partial charge in [0.25, 0.3) is 0 Å². The predicted molar refractivity (Wildman–Crippen MR) is 70.4 cm³/mol. The minimum absolute atomic E-state index is 0.540. The second-order valence-corrected chi connectivity index (χ2v) is 3.93. The molecule has 98 valence electrons. The van der Waals surface area contributed by atoms with Crippen molar-refractivity contribution in [3.05, 3.63) is 29.8 Å². The number of unbranched alkanes of at least 4 members (excludes halogenated alkanes) is 1. The molecule has 0 aliphatic rings. The van der Waals surface area contributed by atoms with E-state index in [9.17, 15) is 0 Å². The molecule has 4 nitrogen and oxygen atoms in total. The first-order valence-corrected chi connectivity index (χ1v) is 6.15. The van der Waals surface area contributed by atoms with Crippen molar-refractivity contribution in [2.24, 2.45) is 0 Å². The number of rotatable bonds is 9. The molecule has 0 spiro atoms. The second kappa shape index (κ2) is 9.46. The summed E-state index contributed by atoms with van der Waals surface area (Å²) in [6.07, 6.45) is 1.31. The molecule has 0 bridgehead atoms. The molecule has 0 saturated carbocycles. The van der Waals surface area contributed by atoms with Gasteiger partial charge in [0, 0.05) is 26.6 Å². The Morgan fingerprint density at radius 2 is 2.22 bits per heavy atom. The maximum atomic E-state index is 8.42. The fraction of sp³-hybridized carbons (Fsp3) is 0.500. The Morgan fingerprint density at radius 1 is 1.33 bits per heavy atom. The summed E-state index contributed by atoms with van der Waals surface area (Å²) in [7, 11) is 1.69. The highest BCUT2D eigenvalue weighted by atomic mass is 16.5. The van der Waals surface area contributed by atoms with E-state index in [2.05, 4.69) is 17.5 Å². The fourth-order valence-electron chi connectivity index (χ4n) is 1.49. The van der Waals surface area contributed by atoms with Gasteiger partial charge in [0.15, 0.2) is 0 Å². The number of hydrogen-bond acceptors (Lipinski definition) is 4. The van der Waals surface area contributed by atoms with E-state index in [1.54, 1.807) is 7.11 Å². The lowest BCUT2D eigenvalue weighted by atomic mass is 10.2. The maximum absolute atomic E-state index is 8.42. The Hall–Kier alpha value is -1.57. The number of methoxy groups -OCH3 is 1. The molecule has 18 heavy (non-hydrogen) atoms. The number of nitrogens with zero attached hydrogens (tertiary/aromatic N) is 1. The van der Waals surface area contributed by atoms with E-state index in [0.717, 1.165) is 25.3 Å². The number of nitriles is 1. The molecule has 1 N–H and O–H groups in total. The monoisotopic (exact) mass is 248 g/mol. The Morgan fingerprint density at radius 3 is 3.00 bits per heavy atom. The van der Waals surface area contributed by atoms with Gasteiger partial charge in [-0.3, -0.25) is 0 Å². The standard InChI is InChI=1S/C14H20N2O2/c1-17-10-8-16-12-13-5-4-6-14(11-13)18-9-3-2-7-15/h4-6,11,16H,2-3,8-10,12H2,1H3. The third-order valence-electron chi connectivity index (χ3n) is 2.41. The molecule has 4 heteroatoms. The Balaban J connectivity index is 2.30. The first-order valence-electron chi connectivity index (χ1n) is 6.15. The lowest BCUT2D eigenvalue weighted by Crippen LogP contribution is -2.18. The summed E-state index contributed by atoms with van der Waals surface area (Å²) in [6, 6.07) is 10.1. The van der Waals surface area contributed by atoms with Crippen molar-refractivity contribution < 1.29 is 9.47 Å². The number of benzene rings is 1. The first kappa shape index (κ1) is 14.5. The Labute approximate surface area is 109 Å². The van der Waals surface area contributed by atoms with Crippen molar-refractivity contribution in [3.8, 4) is 11.8 Å². The van der Waals surface area contributed by atoms with Crippen molar-refractivity contribution in [2.45, 2.75) is 19.4 Å². The average Bonchev–Trinajstić information content (AvgIpc) is 2.40. The number of hydrogen-bond donors (Lipinski definition) is 1. The van der Waals surface area contributed by atoms with E-state index in [-0.39, 0.29) is 0 Å². The fourth-order valence-corrected chi connectivity index (χ4v) is 1.49. The molecule has 0 aliphatic carbocycles. The van der Waals surface area contributed by atoms with Crippen LogP contribution in [0.2, 0.25) is 0 Å². The number of nitrogens with one attached hydrogen (secondary N) is 1. The molecule has 0 aromatic heterocycles. The minimum Gasteiger partial charge on any atom is -0.494 e. The summed E-state index contributed by atoms with van der Waals surface area (Å²) >= 11 is 0. The summed E-state index contributed by atoms with van der Waals surface area (Å²) in [5.74, 6) is 0.860. The van der Waals surface area contributed by atoms with Crippen LogP contribution in [0.5, 0.6) is 5.75 Å². The van der Waals surface area contributed by atoms with Crippen LogP contribution in [0.4, 0.5) is 0 Å². The van der Waals surface area contributed by atoms with Crippen molar-refractivity contribution in [3.63, 3.8) is 0 Å². The maximum Gasteiger partial charge on any atom is 0.119 e. The summed E-state index contributed by atoms with van der Waals surface area (Å²) in [4.78, 5) is 0. The van der Waals surface area contributed by atoms with Gasteiger partial charge >= 0.3 is 0 Å². The van der Waals surface area contributed by atoms with E-state index < -0.39 is 0 Å². The highest BCUT2D eigenvalue weighted by Crippen LogP contribution is 2.13. The van der Waals surface area contributed by atoms with Crippen LogP contribution in [-0.2, 0) is 11.3 Å². The van der Waals surface area contributed by atoms with Crippen molar-refractivity contribution in [2.75, 3.05) is 26.9 Å². The zero-order valence-electron chi connectivity index (χ0n) is 10.8. The molecular weight excluding hydrogens is 228 g/mol. The summed E-state index contributed by atoms with van der Waals surface area (Å²) in [5.41, 5.74) is 1.18. The Kier molecular flexibility index (Phi) is 7.61. The smallest absolute Gasteiger partial charge is 0.119 e. The molecule has 0 saturated heterocycles. The summed E-state index contributed by atoms with van der Waals surface area (Å²) in [6.45, 7) is 2.95. The topological polar surface area (TPSA) is 54.3 Å². The molecule has 0 aliphatic heterocycles. The average molecular weight is 248 g/mol. The van der Waals surface area contributed by atoms with Gasteiger partial charge in [-0.1, -0.05) is 12.1 Å². The predicted octanol–water partition coefficient (Wildman–Crippen LogP) is 2.11. The third kappa shape index (κ3) is 6.24. The van der Waals surface area contributed by atoms with E-state index in [4.69, 9.17) is 14.7 Å². The van der Waals surface area contributed by atoms with Crippen LogP contribution < -0.4 is 10.1 Å². The van der Waals surface area contributed by atoms with E-state index in [1.165, 1.54) is 5.56 Å². The van der Waals surface area contributed by atoms with Gasteiger partial charge in [0.2, 0.25) is 0 Å². The van der Waals surface area contributed by atoms with Crippen LogP contribution in [-0.4, -0.2) is 26.9 Å². The van der Waals surface area contributed by atoms with Crippen molar-refractivity contribution in [1.82, 2.24) is 5.32 Å². The number of ether oxygens (including phenoxy) is 2. The molecular formula is C14H20N2O2. The van der Waals surface area contributed by atoms with Crippen LogP contribution in [0, 0.1) is 11.3 Å².